The van der Waals surface area contributed by atoms with Gasteiger partial charge in [0.25, 0.3) is 0 Å². The van der Waals surface area contributed by atoms with Crippen LogP contribution in [-0.4, -0.2) is 12.1 Å². The minimum atomic E-state index is 0.537. The SMILES string of the molecule is COc1cc2nccc(NN)c2cc1Cl. The van der Waals surface area contributed by atoms with E-state index in [9.17, 15) is 0 Å². The topological polar surface area (TPSA) is 60.2 Å². The third-order valence-electron chi connectivity index (χ3n) is 2.17. The molecule has 5 heteroatoms. The molecule has 78 valence electrons. The molecule has 0 aliphatic carbocycles. The van der Waals surface area contributed by atoms with E-state index in [1.807, 2.05) is 0 Å². The summed E-state index contributed by atoms with van der Waals surface area (Å²) in [6, 6.07) is 5.33. The largest absolute Gasteiger partial charge is 0.495 e. The molecule has 15 heavy (non-hydrogen) atoms. The lowest BCUT2D eigenvalue weighted by atomic mass is 10.2. The molecule has 0 aliphatic heterocycles. The van der Waals surface area contributed by atoms with E-state index in [4.69, 9.17) is 22.2 Å². The second-order valence-corrected chi connectivity index (χ2v) is 3.41. The number of nitrogens with zero attached hydrogens (tertiary/aromatic N) is 1. The fourth-order valence-electron chi connectivity index (χ4n) is 1.43. The third kappa shape index (κ3) is 1.69. The van der Waals surface area contributed by atoms with Crippen molar-refractivity contribution in [3.05, 3.63) is 29.4 Å². The lowest BCUT2D eigenvalue weighted by Crippen LogP contribution is -2.07. The molecule has 1 heterocycles. The average molecular weight is 224 g/mol. The monoisotopic (exact) mass is 223 g/mol. The van der Waals surface area contributed by atoms with Crippen molar-refractivity contribution >= 4 is 28.2 Å². The molecule has 0 bridgehead atoms. The molecule has 1 aromatic heterocycles. The molecule has 1 aromatic carbocycles. The minimum absolute atomic E-state index is 0.537. The van der Waals surface area contributed by atoms with Crippen molar-refractivity contribution < 1.29 is 4.74 Å². The number of hydrazine groups is 1. The number of anilines is 1. The van der Waals surface area contributed by atoms with E-state index in [2.05, 4.69) is 10.4 Å². The van der Waals surface area contributed by atoms with Gasteiger partial charge in [-0.05, 0) is 12.1 Å². The van der Waals surface area contributed by atoms with Crippen molar-refractivity contribution in [2.75, 3.05) is 12.5 Å². The fraction of sp³-hybridized carbons (Fsp3) is 0.100. The first kappa shape index (κ1) is 10.0. The second-order valence-electron chi connectivity index (χ2n) is 3.01. The van der Waals surface area contributed by atoms with Crippen LogP contribution in [0.15, 0.2) is 24.4 Å². The number of nitrogens with one attached hydrogen (secondary N) is 1. The zero-order valence-corrected chi connectivity index (χ0v) is 8.88. The predicted octanol–water partition coefficient (Wildman–Crippen LogP) is 2.18. The van der Waals surface area contributed by atoms with Gasteiger partial charge in [0.15, 0.2) is 0 Å². The van der Waals surface area contributed by atoms with Gasteiger partial charge in [-0.3, -0.25) is 10.8 Å². The quantitative estimate of drug-likeness (QED) is 0.605. The first-order chi connectivity index (χ1) is 7.26. The zero-order chi connectivity index (χ0) is 10.8. The van der Waals surface area contributed by atoms with Gasteiger partial charge in [0.2, 0.25) is 0 Å². The van der Waals surface area contributed by atoms with Crippen molar-refractivity contribution in [3.8, 4) is 5.75 Å². The van der Waals surface area contributed by atoms with Gasteiger partial charge in [-0.1, -0.05) is 11.6 Å². The predicted molar refractivity (Wildman–Crippen MR) is 61.1 cm³/mol. The van der Waals surface area contributed by atoms with Crippen LogP contribution in [0.25, 0.3) is 10.9 Å². The zero-order valence-electron chi connectivity index (χ0n) is 8.12. The van der Waals surface area contributed by atoms with Crippen LogP contribution in [0.3, 0.4) is 0 Å². The summed E-state index contributed by atoms with van der Waals surface area (Å²) in [6.45, 7) is 0. The Balaban J connectivity index is 2.74. The Morgan fingerprint density at radius 3 is 2.93 bits per heavy atom. The fourth-order valence-corrected chi connectivity index (χ4v) is 1.67. The van der Waals surface area contributed by atoms with E-state index in [0.717, 1.165) is 16.6 Å². The first-order valence-electron chi connectivity index (χ1n) is 4.35. The molecule has 0 saturated heterocycles. The summed E-state index contributed by atoms with van der Waals surface area (Å²) in [5.41, 5.74) is 4.16. The highest BCUT2D eigenvalue weighted by molar-refractivity contribution is 6.33. The van der Waals surface area contributed by atoms with Crippen molar-refractivity contribution in [3.63, 3.8) is 0 Å². The Bertz CT molecular complexity index is 501. The van der Waals surface area contributed by atoms with Gasteiger partial charge in [0, 0.05) is 17.6 Å². The summed E-state index contributed by atoms with van der Waals surface area (Å²) >= 11 is 6.01. The molecule has 0 saturated carbocycles. The maximum Gasteiger partial charge on any atom is 0.139 e. The van der Waals surface area contributed by atoms with E-state index >= 15 is 0 Å². The van der Waals surface area contributed by atoms with Crippen molar-refractivity contribution in [1.82, 2.24) is 4.98 Å². The average Bonchev–Trinajstić information content (AvgIpc) is 2.27. The number of halogens is 1. The van der Waals surface area contributed by atoms with Crippen molar-refractivity contribution in [2.45, 2.75) is 0 Å². The van der Waals surface area contributed by atoms with Gasteiger partial charge in [0.1, 0.15) is 5.75 Å². The van der Waals surface area contributed by atoms with Gasteiger partial charge < -0.3 is 10.2 Å². The normalized spacial score (nSPS) is 10.3. The molecule has 2 rings (SSSR count). The van der Waals surface area contributed by atoms with E-state index in [0.29, 0.717) is 10.8 Å². The smallest absolute Gasteiger partial charge is 0.139 e. The van der Waals surface area contributed by atoms with Gasteiger partial charge in [-0.25, -0.2) is 0 Å². The maximum atomic E-state index is 6.01. The molecular formula is C10H10ClN3O. The van der Waals surface area contributed by atoms with Crippen molar-refractivity contribution in [2.24, 2.45) is 5.84 Å². The van der Waals surface area contributed by atoms with E-state index in [1.165, 1.54) is 0 Å². The molecule has 0 aliphatic rings. The summed E-state index contributed by atoms with van der Waals surface area (Å²) in [7, 11) is 1.57. The molecule has 4 nitrogen and oxygen atoms in total. The number of nitrogen functional groups attached to an aromatic ring is 1. The molecule has 0 atom stereocenters. The van der Waals surface area contributed by atoms with Crippen LogP contribution in [-0.2, 0) is 0 Å². The van der Waals surface area contributed by atoms with E-state index in [1.54, 1.807) is 31.5 Å². The highest BCUT2D eigenvalue weighted by Gasteiger charge is 2.06. The van der Waals surface area contributed by atoms with Crippen molar-refractivity contribution in [1.29, 1.82) is 0 Å². The van der Waals surface area contributed by atoms with Gasteiger partial charge >= 0.3 is 0 Å². The summed E-state index contributed by atoms with van der Waals surface area (Å²) < 4.78 is 5.10. The van der Waals surface area contributed by atoms with Crippen LogP contribution in [0.1, 0.15) is 0 Å². The number of methoxy groups -OCH3 is 1. The van der Waals surface area contributed by atoms with Crippen LogP contribution in [0.4, 0.5) is 5.69 Å². The number of rotatable bonds is 2. The lowest BCUT2D eigenvalue weighted by Gasteiger charge is -2.08. The number of fused-ring (bicyclic) bond motifs is 1. The number of ether oxygens (including phenoxy) is 1. The van der Waals surface area contributed by atoms with Gasteiger partial charge in [-0.2, -0.15) is 0 Å². The lowest BCUT2D eigenvalue weighted by molar-refractivity contribution is 0.415. The number of hydrogen-bond donors (Lipinski definition) is 2. The van der Waals surface area contributed by atoms with Crippen LogP contribution < -0.4 is 16.0 Å². The maximum absolute atomic E-state index is 6.01. The molecule has 0 unspecified atom stereocenters. The Labute approximate surface area is 92.0 Å². The van der Waals surface area contributed by atoms with Crippen LogP contribution in [0.5, 0.6) is 5.75 Å². The molecule has 0 amide bonds. The Kier molecular flexibility index (Phi) is 2.62. The number of aromatic nitrogens is 1. The summed E-state index contributed by atoms with van der Waals surface area (Å²) in [5.74, 6) is 5.99. The van der Waals surface area contributed by atoms with Crippen LogP contribution >= 0.6 is 11.6 Å². The van der Waals surface area contributed by atoms with Crippen LogP contribution in [0.2, 0.25) is 5.02 Å². The molecule has 0 spiro atoms. The molecule has 2 aromatic rings. The van der Waals surface area contributed by atoms with E-state index in [-0.39, 0.29) is 0 Å². The highest BCUT2D eigenvalue weighted by Crippen LogP contribution is 2.31. The number of pyridine rings is 1. The number of benzene rings is 1. The first-order valence-corrected chi connectivity index (χ1v) is 4.73. The summed E-state index contributed by atoms with van der Waals surface area (Å²) in [4.78, 5) is 4.21. The van der Waals surface area contributed by atoms with Gasteiger partial charge in [-0.15, -0.1) is 0 Å². The molecule has 0 fully saturated rings. The molecular weight excluding hydrogens is 214 g/mol. The minimum Gasteiger partial charge on any atom is -0.495 e. The molecule has 0 radical (unpaired) electrons. The standard InChI is InChI=1S/C10H10ClN3O/c1-15-10-5-9-6(4-7(10)11)8(14-12)2-3-13-9/h2-5H,12H2,1H3,(H,13,14). The Morgan fingerprint density at radius 1 is 1.47 bits per heavy atom. The van der Waals surface area contributed by atoms with E-state index < -0.39 is 0 Å². The van der Waals surface area contributed by atoms with Gasteiger partial charge in [0.05, 0.1) is 23.3 Å². The number of hydrogen-bond acceptors (Lipinski definition) is 4. The summed E-state index contributed by atoms with van der Waals surface area (Å²) in [5, 5.41) is 1.40. The third-order valence-corrected chi connectivity index (χ3v) is 2.47. The highest BCUT2D eigenvalue weighted by atomic mass is 35.5. The number of nitrogens with two attached hydrogens (primary N) is 1. The summed E-state index contributed by atoms with van der Waals surface area (Å²) in [6.07, 6.45) is 1.67. The second kappa shape index (κ2) is 3.92. The Hall–Kier alpha value is -1.52. The Morgan fingerprint density at radius 2 is 2.27 bits per heavy atom. The van der Waals surface area contributed by atoms with Crippen LogP contribution in [0, 0.1) is 0 Å². The molecule has 3 N–H and O–H groups in total.